The van der Waals surface area contributed by atoms with Crippen molar-refractivity contribution in [2.24, 2.45) is 0 Å². The minimum atomic E-state index is -0.482. The summed E-state index contributed by atoms with van der Waals surface area (Å²) in [6.45, 7) is 0. The predicted molar refractivity (Wildman–Crippen MR) is 90.9 cm³/mol. The van der Waals surface area contributed by atoms with Crippen LogP contribution < -0.4 is 5.32 Å². The molecule has 0 bridgehead atoms. The van der Waals surface area contributed by atoms with Crippen molar-refractivity contribution in [1.82, 2.24) is 14.8 Å². The third-order valence-electron chi connectivity index (χ3n) is 4.97. The van der Waals surface area contributed by atoms with Crippen molar-refractivity contribution in [3.63, 3.8) is 0 Å². The van der Waals surface area contributed by atoms with Crippen molar-refractivity contribution in [1.29, 1.82) is 0 Å². The lowest BCUT2D eigenvalue weighted by Crippen LogP contribution is -2.33. The monoisotopic (exact) mass is 350 g/mol. The van der Waals surface area contributed by atoms with E-state index in [4.69, 9.17) is 4.42 Å². The molecule has 1 aromatic carbocycles. The normalized spacial score (nSPS) is 22.0. The molecule has 1 N–H and O–H groups in total. The fraction of sp³-hybridized carbons (Fsp3) is 0.211. The second kappa shape index (κ2) is 5.66. The molecule has 7 heteroatoms. The highest BCUT2D eigenvalue weighted by Gasteiger charge is 2.39. The van der Waals surface area contributed by atoms with Crippen LogP contribution in [0.2, 0.25) is 0 Å². The van der Waals surface area contributed by atoms with Crippen LogP contribution in [0.25, 0.3) is 0 Å². The van der Waals surface area contributed by atoms with E-state index in [0.29, 0.717) is 29.9 Å². The molecule has 3 heterocycles. The number of ketones is 1. The van der Waals surface area contributed by atoms with E-state index in [-0.39, 0.29) is 17.5 Å². The number of fused-ring (bicyclic) bond motifs is 1. The smallest absolute Gasteiger partial charge is 0.226 e. The summed E-state index contributed by atoms with van der Waals surface area (Å²) >= 11 is 0. The third kappa shape index (κ3) is 2.28. The lowest BCUT2D eigenvalue weighted by atomic mass is 9.79. The molecular weight excluding hydrogens is 335 g/mol. The predicted octanol–water partition coefficient (Wildman–Crippen LogP) is 3.43. The molecule has 2 aliphatic rings. The van der Waals surface area contributed by atoms with Gasteiger partial charge in [0, 0.05) is 23.6 Å². The zero-order valence-electron chi connectivity index (χ0n) is 13.7. The van der Waals surface area contributed by atoms with E-state index in [9.17, 15) is 9.18 Å². The van der Waals surface area contributed by atoms with Crippen molar-refractivity contribution < 1.29 is 13.6 Å². The number of nitrogens with one attached hydrogen (secondary N) is 1. The second-order valence-corrected chi connectivity index (χ2v) is 6.55. The van der Waals surface area contributed by atoms with Crippen molar-refractivity contribution in [3.8, 4) is 0 Å². The number of furan rings is 1. The molecule has 0 saturated heterocycles. The van der Waals surface area contributed by atoms with Crippen LogP contribution in [0.5, 0.6) is 0 Å². The lowest BCUT2D eigenvalue weighted by molar-refractivity contribution is -0.117. The summed E-state index contributed by atoms with van der Waals surface area (Å²) in [6, 6.07) is 9.51. The zero-order chi connectivity index (χ0) is 17.7. The van der Waals surface area contributed by atoms with Crippen LogP contribution in [0, 0.1) is 5.82 Å². The van der Waals surface area contributed by atoms with Gasteiger partial charge in [0.1, 0.15) is 23.9 Å². The Kier molecular flexibility index (Phi) is 3.28. The van der Waals surface area contributed by atoms with E-state index in [1.54, 1.807) is 23.1 Å². The van der Waals surface area contributed by atoms with Crippen molar-refractivity contribution >= 4 is 11.7 Å². The Morgan fingerprint density at radius 1 is 1.23 bits per heavy atom. The Morgan fingerprint density at radius 2 is 2.15 bits per heavy atom. The van der Waals surface area contributed by atoms with Gasteiger partial charge in [-0.1, -0.05) is 12.1 Å². The minimum Gasteiger partial charge on any atom is -0.469 e. The average Bonchev–Trinajstić information content (AvgIpc) is 3.31. The fourth-order valence-electron chi connectivity index (χ4n) is 3.86. The molecule has 0 saturated carbocycles. The van der Waals surface area contributed by atoms with E-state index in [1.165, 1.54) is 18.5 Å². The molecule has 2 aromatic heterocycles. The first-order valence-electron chi connectivity index (χ1n) is 8.42. The van der Waals surface area contributed by atoms with Gasteiger partial charge in [-0.25, -0.2) is 9.07 Å². The maximum atomic E-state index is 13.8. The van der Waals surface area contributed by atoms with Gasteiger partial charge < -0.3 is 9.73 Å². The number of anilines is 1. The standard InChI is InChI=1S/C19H15FN4O2/c20-13-4-1-3-11(7-13)18-17-14(23-19-21-10-22-24(18)19)8-12(9-15(17)25)16-5-2-6-26-16/h1-7,10,12,18H,8-9H2,(H,21,22,23)/t12-,18+/m0/s1. The molecule has 0 fully saturated rings. The first kappa shape index (κ1) is 15.1. The number of hydrogen-bond donors (Lipinski definition) is 1. The third-order valence-corrected chi connectivity index (χ3v) is 4.97. The van der Waals surface area contributed by atoms with Gasteiger partial charge in [-0.15, -0.1) is 0 Å². The van der Waals surface area contributed by atoms with Gasteiger partial charge in [-0.05, 0) is 36.2 Å². The fourth-order valence-corrected chi connectivity index (χ4v) is 3.86. The van der Waals surface area contributed by atoms with E-state index in [2.05, 4.69) is 15.4 Å². The highest BCUT2D eigenvalue weighted by atomic mass is 19.1. The number of aromatic nitrogens is 3. The number of benzene rings is 1. The Labute approximate surface area is 148 Å². The van der Waals surface area contributed by atoms with Crippen LogP contribution in [0.15, 0.2) is 64.7 Å². The molecule has 0 unspecified atom stereocenters. The summed E-state index contributed by atoms with van der Waals surface area (Å²) < 4.78 is 21.0. The number of rotatable bonds is 2. The van der Waals surface area contributed by atoms with Gasteiger partial charge in [0.05, 0.1) is 6.26 Å². The summed E-state index contributed by atoms with van der Waals surface area (Å²) in [5.41, 5.74) is 2.10. The highest BCUT2D eigenvalue weighted by Crippen LogP contribution is 2.43. The molecule has 3 aromatic rings. The zero-order valence-corrected chi connectivity index (χ0v) is 13.7. The molecule has 2 atom stereocenters. The number of Topliss-reactive ketones (excluding diaryl/α,β-unsaturated/α-hetero) is 1. The summed E-state index contributed by atoms with van der Waals surface area (Å²) in [4.78, 5) is 17.3. The molecular formula is C19H15FN4O2. The number of hydrogen-bond acceptors (Lipinski definition) is 5. The van der Waals surface area contributed by atoms with E-state index >= 15 is 0 Å². The van der Waals surface area contributed by atoms with Crippen LogP contribution in [0.4, 0.5) is 10.3 Å². The van der Waals surface area contributed by atoms with Gasteiger partial charge in [0.2, 0.25) is 5.95 Å². The largest absolute Gasteiger partial charge is 0.469 e. The molecule has 1 aliphatic heterocycles. The van der Waals surface area contributed by atoms with Gasteiger partial charge in [0.15, 0.2) is 5.78 Å². The molecule has 0 spiro atoms. The van der Waals surface area contributed by atoms with E-state index < -0.39 is 6.04 Å². The Balaban J connectivity index is 1.63. The number of carbonyl (C=O) groups excluding carboxylic acids is 1. The number of nitrogens with zero attached hydrogens (tertiary/aromatic N) is 3. The maximum absolute atomic E-state index is 13.8. The summed E-state index contributed by atoms with van der Waals surface area (Å²) in [6.07, 6.45) is 4.03. The molecule has 6 nitrogen and oxygen atoms in total. The highest BCUT2D eigenvalue weighted by molar-refractivity contribution is 6.00. The van der Waals surface area contributed by atoms with Crippen molar-refractivity contribution in [3.05, 3.63) is 77.4 Å². The van der Waals surface area contributed by atoms with Gasteiger partial charge in [0.25, 0.3) is 0 Å². The first-order chi connectivity index (χ1) is 12.7. The number of halogens is 1. The van der Waals surface area contributed by atoms with Gasteiger partial charge in [-0.3, -0.25) is 4.79 Å². The van der Waals surface area contributed by atoms with Gasteiger partial charge >= 0.3 is 0 Å². The molecule has 5 rings (SSSR count). The van der Waals surface area contributed by atoms with Crippen LogP contribution in [-0.2, 0) is 4.79 Å². The van der Waals surface area contributed by atoms with E-state index in [1.807, 2.05) is 12.1 Å². The van der Waals surface area contributed by atoms with Crippen LogP contribution in [0.3, 0.4) is 0 Å². The molecule has 0 amide bonds. The van der Waals surface area contributed by atoms with Crippen LogP contribution in [0.1, 0.15) is 36.1 Å². The van der Waals surface area contributed by atoms with Crippen LogP contribution in [-0.4, -0.2) is 20.5 Å². The SMILES string of the molecule is O=C1C[C@@H](c2ccco2)CC2=C1[C@@H](c1cccc(F)c1)n1ncnc1N2. The lowest BCUT2D eigenvalue weighted by Gasteiger charge is -2.34. The van der Waals surface area contributed by atoms with Gasteiger partial charge in [-0.2, -0.15) is 10.1 Å². The summed E-state index contributed by atoms with van der Waals surface area (Å²) in [7, 11) is 0. The average molecular weight is 350 g/mol. The van der Waals surface area contributed by atoms with Crippen LogP contribution >= 0.6 is 0 Å². The molecule has 1 aliphatic carbocycles. The number of carbonyl (C=O) groups is 1. The van der Waals surface area contributed by atoms with Crippen molar-refractivity contribution in [2.75, 3.05) is 5.32 Å². The minimum absolute atomic E-state index is 0.00978. The quantitative estimate of drug-likeness (QED) is 0.767. The molecule has 26 heavy (non-hydrogen) atoms. The van der Waals surface area contributed by atoms with Crippen molar-refractivity contribution in [2.45, 2.75) is 24.8 Å². The Hall–Kier alpha value is -3.22. The maximum Gasteiger partial charge on any atom is 0.226 e. The summed E-state index contributed by atoms with van der Waals surface area (Å²) in [5, 5.41) is 7.48. The molecule has 0 radical (unpaired) electrons. The van der Waals surface area contributed by atoms with E-state index in [0.717, 1.165) is 11.5 Å². The first-order valence-corrected chi connectivity index (χ1v) is 8.42. The Morgan fingerprint density at radius 3 is 2.96 bits per heavy atom. The topological polar surface area (TPSA) is 73.0 Å². The Bertz CT molecular complexity index is 1020. The number of allylic oxidation sites excluding steroid dienone is 2. The molecule has 130 valence electrons. The second-order valence-electron chi connectivity index (χ2n) is 6.55. The summed E-state index contributed by atoms with van der Waals surface area (Å²) in [5.74, 6) is 0.982.